The second kappa shape index (κ2) is 3.03. The number of amides is 1. The average Bonchev–Trinajstić information content (AvgIpc) is 2.34. The number of nitrogens with zero attached hydrogens (tertiary/aromatic N) is 1. The Hall–Kier alpha value is -1.54. The molecular formula is C6H4N2O2S. The molecule has 0 spiro atoms. The van der Waals surface area contributed by atoms with Gasteiger partial charge in [-0.1, -0.05) is 17.3 Å². The van der Waals surface area contributed by atoms with Gasteiger partial charge in [0, 0.05) is 0 Å². The molecule has 1 aromatic heterocycles. The molecule has 56 valence electrons. The Bertz CT molecular complexity index is 313. The minimum absolute atomic E-state index is 0.172. The topological polar surface area (TPSA) is 65.2 Å². The quantitative estimate of drug-likeness (QED) is 0.624. The lowest BCUT2D eigenvalue weighted by atomic mass is 10.6. The number of nitrogens with two attached hydrogens (primary N) is 1. The largest absolute Gasteiger partial charge is 0.411 e. The highest BCUT2D eigenvalue weighted by atomic mass is 32.1. The molecule has 0 aromatic carbocycles. The summed E-state index contributed by atoms with van der Waals surface area (Å²) in [5, 5.41) is 0.172. The van der Waals surface area contributed by atoms with E-state index >= 15 is 0 Å². The lowest BCUT2D eigenvalue weighted by Crippen LogP contribution is -2.15. The van der Waals surface area contributed by atoms with Crippen molar-refractivity contribution < 1.29 is 9.53 Å². The lowest BCUT2D eigenvalue weighted by molar-refractivity contribution is 0.210. The summed E-state index contributed by atoms with van der Waals surface area (Å²) < 4.78 is 4.45. The number of carbonyl (C=O) groups is 1. The zero-order valence-corrected chi connectivity index (χ0v) is 6.22. The van der Waals surface area contributed by atoms with E-state index in [1.54, 1.807) is 0 Å². The van der Waals surface area contributed by atoms with E-state index in [4.69, 9.17) is 12.2 Å². The van der Waals surface area contributed by atoms with E-state index in [9.17, 15) is 4.79 Å². The number of terminal acetylenes is 1. The molecule has 0 unspecified atom stereocenters. The van der Waals surface area contributed by atoms with Crippen LogP contribution in [0.3, 0.4) is 0 Å². The molecule has 0 aliphatic carbocycles. The van der Waals surface area contributed by atoms with Gasteiger partial charge in [0.15, 0.2) is 0 Å². The summed E-state index contributed by atoms with van der Waals surface area (Å²) in [5.74, 6) is 2.34. The highest BCUT2D eigenvalue weighted by Crippen LogP contribution is 2.18. The summed E-state index contributed by atoms with van der Waals surface area (Å²) in [6.45, 7) is 0. The molecular weight excluding hydrogens is 164 g/mol. The minimum atomic E-state index is -0.886. The molecule has 1 amide bonds. The normalized spacial score (nSPS) is 8.64. The number of aromatic nitrogens is 1. The predicted molar refractivity (Wildman–Crippen MR) is 40.3 cm³/mol. The third kappa shape index (κ3) is 1.95. The fraction of sp³-hybridized carbons (Fsp3) is 0. The Labute approximate surface area is 67.0 Å². The summed E-state index contributed by atoms with van der Waals surface area (Å²) in [7, 11) is 0. The Kier molecular flexibility index (Phi) is 2.09. The molecule has 0 aliphatic rings. The summed E-state index contributed by atoms with van der Waals surface area (Å²) in [4.78, 5) is 14.5. The molecule has 0 bridgehead atoms. The highest BCUT2D eigenvalue weighted by Gasteiger charge is 2.02. The predicted octanol–water partition coefficient (Wildman–Crippen LogP) is 0.582. The van der Waals surface area contributed by atoms with Gasteiger partial charge < -0.3 is 10.5 Å². The van der Waals surface area contributed by atoms with Gasteiger partial charge in [0.2, 0.25) is 0 Å². The van der Waals surface area contributed by atoms with Gasteiger partial charge in [0.25, 0.3) is 5.19 Å². The molecule has 4 nitrogen and oxygen atoms in total. The summed E-state index contributed by atoms with van der Waals surface area (Å²) in [6.07, 6.45) is 5.59. The number of ether oxygens (including phenoxy) is 1. The van der Waals surface area contributed by atoms with Gasteiger partial charge in [-0.3, -0.25) is 0 Å². The molecule has 5 heteroatoms. The first-order valence-corrected chi connectivity index (χ1v) is 3.43. The molecule has 1 aromatic rings. The van der Waals surface area contributed by atoms with Crippen molar-refractivity contribution in [3.63, 3.8) is 0 Å². The highest BCUT2D eigenvalue weighted by molar-refractivity contribution is 7.14. The molecule has 0 saturated heterocycles. The maximum atomic E-state index is 10.2. The van der Waals surface area contributed by atoms with Crippen molar-refractivity contribution in [2.75, 3.05) is 0 Å². The zero-order valence-electron chi connectivity index (χ0n) is 5.40. The Morgan fingerprint density at radius 1 is 1.91 bits per heavy atom. The third-order valence-electron chi connectivity index (χ3n) is 0.815. The summed E-state index contributed by atoms with van der Waals surface area (Å²) in [5.41, 5.74) is 4.73. The molecule has 0 radical (unpaired) electrons. The van der Waals surface area contributed by atoms with Gasteiger partial charge in [-0.25, -0.2) is 9.78 Å². The molecule has 0 atom stereocenters. The van der Waals surface area contributed by atoms with Crippen LogP contribution < -0.4 is 10.5 Å². The van der Waals surface area contributed by atoms with Crippen molar-refractivity contribution in [2.24, 2.45) is 5.73 Å². The number of rotatable bonds is 1. The van der Waals surface area contributed by atoms with Crippen LogP contribution in [-0.2, 0) is 0 Å². The van der Waals surface area contributed by atoms with Crippen LogP contribution in [0.1, 0.15) is 4.88 Å². The Balaban J connectivity index is 2.75. The van der Waals surface area contributed by atoms with Gasteiger partial charge in [-0.2, -0.15) is 0 Å². The molecule has 0 saturated carbocycles. The Morgan fingerprint density at radius 3 is 3.09 bits per heavy atom. The smallest absolute Gasteiger partial charge is 0.381 e. The zero-order chi connectivity index (χ0) is 8.27. The standard InChI is InChI=1S/C6H4N2O2S/c1-2-4-3-8-6(11-4)10-5(7)9/h1,3H,(H2,7,9). The van der Waals surface area contributed by atoms with E-state index in [2.05, 4.69) is 15.6 Å². The van der Waals surface area contributed by atoms with Crippen LogP contribution in [0, 0.1) is 12.3 Å². The maximum Gasteiger partial charge on any atom is 0.411 e. The molecule has 1 heterocycles. The van der Waals surface area contributed by atoms with Crippen LogP contribution in [0.15, 0.2) is 6.20 Å². The third-order valence-corrected chi connectivity index (χ3v) is 1.62. The fourth-order valence-electron chi connectivity index (χ4n) is 0.458. The van der Waals surface area contributed by atoms with E-state index in [-0.39, 0.29) is 5.19 Å². The molecule has 0 aliphatic heterocycles. The molecule has 2 N–H and O–H groups in total. The van der Waals surface area contributed by atoms with Gasteiger partial charge in [0.05, 0.1) is 6.20 Å². The monoisotopic (exact) mass is 168 g/mol. The van der Waals surface area contributed by atoms with Crippen LogP contribution in [0.2, 0.25) is 0 Å². The average molecular weight is 168 g/mol. The first-order chi connectivity index (χ1) is 5.22. The number of primary amides is 1. The maximum absolute atomic E-state index is 10.2. The van der Waals surface area contributed by atoms with Crippen molar-refractivity contribution >= 4 is 17.4 Å². The van der Waals surface area contributed by atoms with E-state index in [0.717, 1.165) is 11.3 Å². The van der Waals surface area contributed by atoms with Crippen LogP contribution in [0.25, 0.3) is 0 Å². The second-order valence-corrected chi connectivity index (χ2v) is 2.55. The van der Waals surface area contributed by atoms with E-state index in [1.807, 2.05) is 0 Å². The number of hydrogen-bond donors (Lipinski definition) is 1. The number of hydrogen-bond acceptors (Lipinski definition) is 4. The number of carbonyl (C=O) groups excluding carboxylic acids is 1. The molecule has 11 heavy (non-hydrogen) atoms. The second-order valence-electron chi connectivity index (χ2n) is 1.56. The lowest BCUT2D eigenvalue weighted by Gasteiger charge is -1.89. The van der Waals surface area contributed by atoms with Gasteiger partial charge >= 0.3 is 6.09 Å². The van der Waals surface area contributed by atoms with Gasteiger partial charge in [-0.15, -0.1) is 6.42 Å². The Morgan fingerprint density at radius 2 is 2.64 bits per heavy atom. The molecule has 0 fully saturated rings. The van der Waals surface area contributed by atoms with Crippen LogP contribution in [-0.4, -0.2) is 11.1 Å². The van der Waals surface area contributed by atoms with E-state index < -0.39 is 6.09 Å². The minimum Gasteiger partial charge on any atom is -0.381 e. The van der Waals surface area contributed by atoms with Gasteiger partial charge in [0.1, 0.15) is 4.88 Å². The van der Waals surface area contributed by atoms with Crippen LogP contribution in [0.4, 0.5) is 4.79 Å². The first-order valence-electron chi connectivity index (χ1n) is 2.62. The first kappa shape index (κ1) is 7.57. The van der Waals surface area contributed by atoms with Crippen molar-refractivity contribution in [3.8, 4) is 17.5 Å². The van der Waals surface area contributed by atoms with Gasteiger partial charge in [-0.05, 0) is 0 Å². The SMILES string of the molecule is C#Cc1cnc(OC(N)=O)s1. The van der Waals surface area contributed by atoms with Crippen molar-refractivity contribution in [2.45, 2.75) is 0 Å². The summed E-state index contributed by atoms with van der Waals surface area (Å²) >= 11 is 1.09. The van der Waals surface area contributed by atoms with Crippen LogP contribution >= 0.6 is 11.3 Å². The van der Waals surface area contributed by atoms with Crippen molar-refractivity contribution in [1.82, 2.24) is 4.98 Å². The fourth-order valence-corrected chi connectivity index (χ4v) is 1.04. The van der Waals surface area contributed by atoms with Crippen molar-refractivity contribution in [1.29, 1.82) is 0 Å². The van der Waals surface area contributed by atoms with Crippen molar-refractivity contribution in [3.05, 3.63) is 11.1 Å². The van der Waals surface area contributed by atoms with Crippen LogP contribution in [0.5, 0.6) is 5.19 Å². The van der Waals surface area contributed by atoms with E-state index in [1.165, 1.54) is 6.20 Å². The number of thiazole rings is 1. The van der Waals surface area contributed by atoms with E-state index in [0.29, 0.717) is 4.88 Å². The summed E-state index contributed by atoms with van der Waals surface area (Å²) in [6, 6.07) is 0. The molecule has 1 rings (SSSR count).